The van der Waals surface area contributed by atoms with E-state index in [0.717, 1.165) is 0 Å². The van der Waals surface area contributed by atoms with Crippen molar-refractivity contribution in [2.24, 2.45) is 0 Å². The summed E-state index contributed by atoms with van der Waals surface area (Å²) in [4.78, 5) is 10.6. The maximum atomic E-state index is 11.7. The van der Waals surface area contributed by atoms with Gasteiger partial charge in [-0.2, -0.15) is 4.72 Å². The Kier molecular flexibility index (Phi) is 4.08. The first-order chi connectivity index (χ1) is 7.86. The fourth-order valence-corrected chi connectivity index (χ4v) is 2.30. The van der Waals surface area contributed by atoms with E-state index in [1.807, 2.05) is 4.72 Å². The lowest BCUT2D eigenvalue weighted by Gasteiger charge is -2.10. The van der Waals surface area contributed by atoms with Crippen LogP contribution in [-0.4, -0.2) is 32.6 Å². The molecule has 6 nitrogen and oxygen atoms in total. The van der Waals surface area contributed by atoms with Gasteiger partial charge >= 0.3 is 5.97 Å². The highest BCUT2D eigenvalue weighted by Gasteiger charge is 2.21. The van der Waals surface area contributed by atoms with Crippen molar-refractivity contribution >= 4 is 16.0 Å². The average molecular weight is 259 g/mol. The molecule has 0 aromatic heterocycles. The molecule has 1 unspecified atom stereocenters. The molecule has 0 aliphatic heterocycles. The van der Waals surface area contributed by atoms with Crippen LogP contribution in [0.25, 0.3) is 0 Å². The Hall–Kier alpha value is -1.60. The highest BCUT2D eigenvalue weighted by atomic mass is 32.2. The molecule has 0 bridgehead atoms. The van der Waals surface area contributed by atoms with Crippen molar-refractivity contribution in [2.45, 2.75) is 17.9 Å². The van der Waals surface area contributed by atoms with Gasteiger partial charge in [0.1, 0.15) is 11.8 Å². The van der Waals surface area contributed by atoms with Crippen molar-refractivity contribution in [3.05, 3.63) is 24.3 Å². The van der Waals surface area contributed by atoms with Gasteiger partial charge in [0.25, 0.3) is 0 Å². The summed E-state index contributed by atoms with van der Waals surface area (Å²) in [6.45, 7) is 1.25. The number of carbonyl (C=O) groups is 1. The summed E-state index contributed by atoms with van der Waals surface area (Å²) in [5.74, 6) is -0.711. The zero-order chi connectivity index (χ0) is 13.1. The number of carboxylic acids is 1. The minimum Gasteiger partial charge on any atom is -0.497 e. The Balaban J connectivity index is 2.93. The van der Waals surface area contributed by atoms with Gasteiger partial charge in [0.05, 0.1) is 12.0 Å². The van der Waals surface area contributed by atoms with Crippen LogP contribution in [0.2, 0.25) is 0 Å². The van der Waals surface area contributed by atoms with Crippen molar-refractivity contribution in [3.8, 4) is 5.75 Å². The molecule has 1 rings (SSSR count). The fourth-order valence-electron chi connectivity index (χ4n) is 1.11. The van der Waals surface area contributed by atoms with Gasteiger partial charge in [0.2, 0.25) is 10.0 Å². The van der Waals surface area contributed by atoms with E-state index < -0.39 is 22.0 Å². The van der Waals surface area contributed by atoms with Gasteiger partial charge in [0.15, 0.2) is 0 Å². The molecule has 0 radical (unpaired) electrons. The molecule has 1 atom stereocenters. The molecular weight excluding hydrogens is 246 g/mol. The second-order valence-corrected chi connectivity index (χ2v) is 5.07. The van der Waals surface area contributed by atoms with Crippen molar-refractivity contribution in [1.82, 2.24) is 4.72 Å². The summed E-state index contributed by atoms with van der Waals surface area (Å²) in [5.41, 5.74) is 0. The molecule has 0 aliphatic carbocycles. The van der Waals surface area contributed by atoms with Crippen LogP contribution >= 0.6 is 0 Å². The van der Waals surface area contributed by atoms with Gasteiger partial charge in [-0.3, -0.25) is 4.79 Å². The van der Waals surface area contributed by atoms with Gasteiger partial charge in [-0.15, -0.1) is 0 Å². The van der Waals surface area contributed by atoms with E-state index in [0.29, 0.717) is 5.75 Å². The summed E-state index contributed by atoms with van der Waals surface area (Å²) < 4.78 is 30.4. The second-order valence-electron chi connectivity index (χ2n) is 3.36. The molecule has 0 saturated carbocycles. The SMILES string of the molecule is COc1ccc(S(=O)(=O)NC(C)C(=O)O)cc1. The normalized spacial score (nSPS) is 13.1. The van der Waals surface area contributed by atoms with Crippen LogP contribution in [-0.2, 0) is 14.8 Å². The lowest BCUT2D eigenvalue weighted by molar-refractivity contribution is -0.138. The quantitative estimate of drug-likeness (QED) is 0.800. The van der Waals surface area contributed by atoms with Gasteiger partial charge < -0.3 is 9.84 Å². The Labute approximate surface area is 99.3 Å². The summed E-state index contributed by atoms with van der Waals surface area (Å²) in [5, 5.41) is 8.63. The van der Waals surface area contributed by atoms with E-state index in [4.69, 9.17) is 9.84 Å². The number of methoxy groups -OCH3 is 1. The van der Waals surface area contributed by atoms with E-state index in [9.17, 15) is 13.2 Å². The van der Waals surface area contributed by atoms with Gasteiger partial charge in [-0.1, -0.05) is 0 Å². The van der Waals surface area contributed by atoms with Gasteiger partial charge in [-0.05, 0) is 31.2 Å². The van der Waals surface area contributed by atoms with E-state index in [1.54, 1.807) is 0 Å². The molecule has 17 heavy (non-hydrogen) atoms. The highest BCUT2D eigenvalue weighted by molar-refractivity contribution is 7.89. The third-order valence-electron chi connectivity index (χ3n) is 2.07. The van der Waals surface area contributed by atoms with Crippen molar-refractivity contribution in [1.29, 1.82) is 0 Å². The predicted molar refractivity (Wildman–Crippen MR) is 60.4 cm³/mol. The molecule has 0 fully saturated rings. The smallest absolute Gasteiger partial charge is 0.321 e. The summed E-state index contributed by atoms with van der Waals surface area (Å²) >= 11 is 0. The van der Waals surface area contributed by atoms with Crippen LogP contribution in [0.3, 0.4) is 0 Å². The van der Waals surface area contributed by atoms with Crippen molar-refractivity contribution in [3.63, 3.8) is 0 Å². The molecule has 0 heterocycles. The standard InChI is InChI=1S/C10H13NO5S/c1-7(10(12)13)11-17(14,15)9-5-3-8(16-2)4-6-9/h3-7,11H,1-2H3,(H,12,13). The van der Waals surface area contributed by atoms with Crippen LogP contribution < -0.4 is 9.46 Å². The lowest BCUT2D eigenvalue weighted by atomic mass is 10.3. The van der Waals surface area contributed by atoms with Crippen LogP contribution in [0, 0.1) is 0 Å². The van der Waals surface area contributed by atoms with E-state index in [-0.39, 0.29) is 4.90 Å². The fraction of sp³-hybridized carbons (Fsp3) is 0.300. The Morgan fingerprint density at radius 1 is 1.35 bits per heavy atom. The number of hydrogen-bond donors (Lipinski definition) is 2. The molecule has 0 spiro atoms. The average Bonchev–Trinajstić information content (AvgIpc) is 2.28. The summed E-state index contributed by atoms with van der Waals surface area (Å²) in [6.07, 6.45) is 0. The van der Waals surface area contributed by atoms with E-state index in [2.05, 4.69) is 0 Å². The first kappa shape index (κ1) is 13.5. The van der Waals surface area contributed by atoms with Crippen LogP contribution in [0.1, 0.15) is 6.92 Å². The van der Waals surface area contributed by atoms with E-state index in [1.165, 1.54) is 38.3 Å². The number of rotatable bonds is 5. The zero-order valence-electron chi connectivity index (χ0n) is 9.38. The minimum atomic E-state index is -3.82. The minimum absolute atomic E-state index is 0.00796. The third kappa shape index (κ3) is 3.43. The number of sulfonamides is 1. The van der Waals surface area contributed by atoms with Gasteiger partial charge in [-0.25, -0.2) is 8.42 Å². The molecule has 1 aromatic rings. The monoisotopic (exact) mass is 259 g/mol. The third-order valence-corrected chi connectivity index (χ3v) is 3.63. The van der Waals surface area contributed by atoms with E-state index >= 15 is 0 Å². The predicted octanol–water partition coefficient (Wildman–Crippen LogP) is 0.447. The van der Waals surface area contributed by atoms with Gasteiger partial charge in [0, 0.05) is 0 Å². The largest absolute Gasteiger partial charge is 0.497 e. The van der Waals surface area contributed by atoms with Crippen LogP contribution in [0.15, 0.2) is 29.2 Å². The van der Waals surface area contributed by atoms with Crippen LogP contribution in [0.5, 0.6) is 5.75 Å². The Morgan fingerprint density at radius 3 is 2.29 bits per heavy atom. The Bertz CT molecular complexity index is 494. The molecule has 7 heteroatoms. The number of aliphatic carboxylic acids is 1. The highest BCUT2D eigenvalue weighted by Crippen LogP contribution is 2.15. The first-order valence-electron chi connectivity index (χ1n) is 4.76. The number of hydrogen-bond acceptors (Lipinski definition) is 4. The summed E-state index contributed by atoms with van der Waals surface area (Å²) in [6, 6.07) is 4.48. The molecule has 1 aromatic carbocycles. The lowest BCUT2D eigenvalue weighted by Crippen LogP contribution is -2.38. The van der Waals surface area contributed by atoms with Crippen molar-refractivity contribution in [2.75, 3.05) is 7.11 Å². The molecular formula is C10H13NO5S. The molecule has 2 N–H and O–H groups in total. The molecule has 0 aliphatic rings. The first-order valence-corrected chi connectivity index (χ1v) is 6.24. The maximum absolute atomic E-state index is 11.7. The summed E-state index contributed by atoms with van der Waals surface area (Å²) in [7, 11) is -2.35. The number of ether oxygens (including phenoxy) is 1. The van der Waals surface area contributed by atoms with Crippen molar-refractivity contribution < 1.29 is 23.1 Å². The topological polar surface area (TPSA) is 92.7 Å². The Morgan fingerprint density at radius 2 is 1.88 bits per heavy atom. The van der Waals surface area contributed by atoms with Crippen LogP contribution in [0.4, 0.5) is 0 Å². The maximum Gasteiger partial charge on any atom is 0.321 e. The number of carboxylic acid groups (broad SMARTS) is 1. The number of benzene rings is 1. The number of nitrogens with one attached hydrogen (secondary N) is 1. The second kappa shape index (κ2) is 5.15. The molecule has 0 saturated heterocycles. The molecule has 94 valence electrons. The zero-order valence-corrected chi connectivity index (χ0v) is 10.2. The molecule has 0 amide bonds.